The first-order valence-corrected chi connectivity index (χ1v) is 8.36. The van der Waals surface area contributed by atoms with Gasteiger partial charge in [0.05, 0.1) is 25.7 Å². The van der Waals surface area contributed by atoms with E-state index in [1.54, 1.807) is 14.2 Å². The van der Waals surface area contributed by atoms with Gasteiger partial charge in [-0.25, -0.2) is 0 Å². The fourth-order valence-corrected chi connectivity index (χ4v) is 3.37. The quantitative estimate of drug-likeness (QED) is 0.606. The molecule has 0 saturated heterocycles. The zero-order chi connectivity index (χ0) is 16.6. The summed E-state index contributed by atoms with van der Waals surface area (Å²) >= 11 is 5.90. The molecule has 1 atom stereocenters. The molecule has 0 aliphatic carbocycles. The Morgan fingerprint density at radius 3 is 2.27 bits per heavy atom. The van der Waals surface area contributed by atoms with E-state index in [-0.39, 0.29) is 0 Å². The van der Waals surface area contributed by atoms with Crippen LogP contribution in [0.25, 0.3) is 0 Å². The second-order valence-corrected chi connectivity index (χ2v) is 5.84. The fourth-order valence-electron chi connectivity index (χ4n) is 3.24. The van der Waals surface area contributed by atoms with Crippen LogP contribution < -0.4 is 9.47 Å². The van der Waals surface area contributed by atoms with E-state index in [0.717, 1.165) is 31.2 Å². The zero-order valence-electron chi connectivity index (χ0n) is 14.0. The topological polar surface area (TPSA) is 42.2 Å². The van der Waals surface area contributed by atoms with Gasteiger partial charge in [0.15, 0.2) is 11.5 Å². The number of ether oxygens (including phenoxy) is 2. The molecule has 0 amide bonds. The number of methoxy groups -OCH3 is 2. The van der Waals surface area contributed by atoms with Crippen molar-refractivity contribution in [1.29, 1.82) is 5.26 Å². The first-order chi connectivity index (χ1) is 10.6. The van der Waals surface area contributed by atoms with E-state index in [1.165, 1.54) is 0 Å². The summed E-state index contributed by atoms with van der Waals surface area (Å²) < 4.78 is 10.7. The molecule has 0 heterocycles. The lowest BCUT2D eigenvalue weighted by Crippen LogP contribution is -2.33. The molecule has 0 bridgehead atoms. The maximum Gasteiger partial charge on any atom is 0.161 e. The molecule has 0 fully saturated rings. The fraction of sp³-hybridized carbons (Fsp3) is 0.611. The number of hydrogen-bond donors (Lipinski definition) is 0. The molecule has 4 heteroatoms. The van der Waals surface area contributed by atoms with Gasteiger partial charge in [-0.2, -0.15) is 5.26 Å². The molecule has 3 nitrogen and oxygen atoms in total. The number of nitriles is 1. The third-order valence-corrected chi connectivity index (χ3v) is 4.75. The Morgan fingerprint density at radius 2 is 1.82 bits per heavy atom. The number of benzene rings is 1. The van der Waals surface area contributed by atoms with E-state index in [9.17, 15) is 5.26 Å². The Kier molecular flexibility index (Phi) is 7.55. The smallest absolute Gasteiger partial charge is 0.161 e. The summed E-state index contributed by atoms with van der Waals surface area (Å²) in [6, 6.07) is 8.40. The van der Waals surface area contributed by atoms with Gasteiger partial charge in [0.25, 0.3) is 0 Å². The second-order valence-electron chi connectivity index (χ2n) is 5.46. The van der Waals surface area contributed by atoms with E-state index in [2.05, 4.69) is 19.9 Å². The second kappa shape index (κ2) is 8.90. The molecule has 0 saturated carbocycles. The molecule has 0 aromatic heterocycles. The van der Waals surface area contributed by atoms with E-state index < -0.39 is 5.41 Å². The lowest BCUT2D eigenvalue weighted by atomic mass is 9.66. The molecule has 0 aliphatic heterocycles. The maximum absolute atomic E-state index is 10.0. The summed E-state index contributed by atoms with van der Waals surface area (Å²) in [5.41, 5.74) is 0.462. The molecule has 22 heavy (non-hydrogen) atoms. The lowest BCUT2D eigenvalue weighted by Gasteiger charge is -2.35. The molecular weight excluding hydrogens is 298 g/mol. The predicted molar refractivity (Wildman–Crippen MR) is 90.9 cm³/mol. The third-order valence-electron chi connectivity index (χ3n) is 4.49. The number of halogens is 1. The van der Waals surface area contributed by atoms with Crippen LogP contribution in [0.4, 0.5) is 0 Å². The Bertz CT molecular complexity index is 508. The highest BCUT2D eigenvalue weighted by Gasteiger charge is 2.39. The van der Waals surface area contributed by atoms with Crippen LogP contribution in [-0.2, 0) is 5.41 Å². The summed E-state index contributed by atoms with van der Waals surface area (Å²) in [5, 5.41) is 10.0. The SMILES string of the molecule is CCC(CC)C(C#N)(CCCCl)c1ccc(OC)c(OC)c1. The lowest BCUT2D eigenvalue weighted by molar-refractivity contribution is 0.296. The largest absolute Gasteiger partial charge is 0.493 e. The van der Waals surface area contributed by atoms with Gasteiger partial charge in [-0.1, -0.05) is 32.8 Å². The minimum atomic E-state index is -0.530. The average Bonchev–Trinajstić information content (AvgIpc) is 2.58. The van der Waals surface area contributed by atoms with E-state index in [0.29, 0.717) is 23.3 Å². The van der Waals surface area contributed by atoms with Gasteiger partial charge in [-0.05, 0) is 36.5 Å². The van der Waals surface area contributed by atoms with Crippen molar-refractivity contribution in [2.75, 3.05) is 20.1 Å². The summed E-state index contributed by atoms with van der Waals surface area (Å²) in [6.45, 7) is 4.28. The molecule has 1 aromatic rings. The van der Waals surface area contributed by atoms with Gasteiger partial charge in [0, 0.05) is 5.88 Å². The van der Waals surface area contributed by atoms with Crippen LogP contribution in [0.5, 0.6) is 11.5 Å². The highest BCUT2D eigenvalue weighted by molar-refractivity contribution is 6.17. The van der Waals surface area contributed by atoms with Gasteiger partial charge < -0.3 is 9.47 Å². The van der Waals surface area contributed by atoms with E-state index in [4.69, 9.17) is 21.1 Å². The van der Waals surface area contributed by atoms with E-state index in [1.807, 2.05) is 18.2 Å². The first kappa shape index (κ1) is 18.6. The van der Waals surface area contributed by atoms with E-state index >= 15 is 0 Å². The molecule has 0 N–H and O–H groups in total. The summed E-state index contributed by atoms with van der Waals surface area (Å²) in [4.78, 5) is 0. The molecule has 1 unspecified atom stereocenters. The molecule has 1 aromatic carbocycles. The van der Waals surface area contributed by atoms with Crippen molar-refractivity contribution in [2.24, 2.45) is 5.92 Å². The van der Waals surface area contributed by atoms with Crippen molar-refractivity contribution in [2.45, 2.75) is 44.9 Å². The zero-order valence-corrected chi connectivity index (χ0v) is 14.7. The number of alkyl halides is 1. The van der Waals surface area contributed by atoms with Gasteiger partial charge in [0.1, 0.15) is 0 Å². The molecule has 122 valence electrons. The van der Waals surface area contributed by atoms with Crippen LogP contribution in [0, 0.1) is 17.2 Å². The van der Waals surface area contributed by atoms with Crippen LogP contribution in [0.15, 0.2) is 18.2 Å². The minimum Gasteiger partial charge on any atom is -0.493 e. The van der Waals surface area contributed by atoms with Gasteiger partial charge in [-0.15, -0.1) is 11.6 Å². The van der Waals surface area contributed by atoms with Gasteiger partial charge in [-0.3, -0.25) is 0 Å². The average molecular weight is 324 g/mol. The van der Waals surface area contributed by atoms with Crippen molar-refractivity contribution in [1.82, 2.24) is 0 Å². The van der Waals surface area contributed by atoms with Crippen LogP contribution in [0.2, 0.25) is 0 Å². The van der Waals surface area contributed by atoms with Crippen LogP contribution in [0.1, 0.15) is 45.1 Å². The highest BCUT2D eigenvalue weighted by Crippen LogP contribution is 2.43. The molecule has 0 spiro atoms. The van der Waals surface area contributed by atoms with Crippen molar-refractivity contribution in [3.8, 4) is 17.6 Å². The maximum atomic E-state index is 10.0. The number of hydrogen-bond acceptors (Lipinski definition) is 3. The number of rotatable bonds is 9. The molecule has 0 aliphatic rings. The third kappa shape index (κ3) is 3.67. The summed E-state index contributed by atoms with van der Waals surface area (Å²) in [7, 11) is 3.23. The Balaban J connectivity index is 3.40. The predicted octanol–water partition coefficient (Wildman–Crippen LogP) is 4.92. The van der Waals surface area contributed by atoms with Crippen molar-refractivity contribution >= 4 is 11.6 Å². The number of nitrogens with zero attached hydrogens (tertiary/aromatic N) is 1. The first-order valence-electron chi connectivity index (χ1n) is 7.83. The van der Waals surface area contributed by atoms with Crippen LogP contribution in [-0.4, -0.2) is 20.1 Å². The van der Waals surface area contributed by atoms with Gasteiger partial charge in [0.2, 0.25) is 0 Å². The monoisotopic (exact) mass is 323 g/mol. The summed E-state index contributed by atoms with van der Waals surface area (Å²) in [6.07, 6.45) is 3.50. The standard InChI is InChI=1S/C18H26ClNO2/c1-5-14(6-2)18(13-20,10-7-11-19)15-8-9-16(21-3)17(12-15)22-4/h8-9,12,14H,5-7,10-11H2,1-4H3. The molecular formula is C18H26ClNO2. The highest BCUT2D eigenvalue weighted by atomic mass is 35.5. The summed E-state index contributed by atoms with van der Waals surface area (Å²) in [5.74, 6) is 2.20. The van der Waals surface area contributed by atoms with Crippen molar-refractivity contribution in [3.05, 3.63) is 23.8 Å². The van der Waals surface area contributed by atoms with Crippen LogP contribution in [0.3, 0.4) is 0 Å². The Morgan fingerprint density at radius 1 is 1.18 bits per heavy atom. The Labute approximate surface area is 139 Å². The molecule has 0 radical (unpaired) electrons. The van der Waals surface area contributed by atoms with Crippen molar-refractivity contribution in [3.63, 3.8) is 0 Å². The van der Waals surface area contributed by atoms with Crippen LogP contribution >= 0.6 is 11.6 Å². The Hall–Kier alpha value is -1.40. The van der Waals surface area contributed by atoms with Crippen molar-refractivity contribution < 1.29 is 9.47 Å². The minimum absolute atomic E-state index is 0.291. The molecule has 1 rings (SSSR count). The van der Waals surface area contributed by atoms with Gasteiger partial charge >= 0.3 is 0 Å². The normalized spacial score (nSPS) is 13.5.